The second-order valence-corrected chi connectivity index (χ2v) is 2.92. The van der Waals surface area contributed by atoms with E-state index in [1.165, 1.54) is 6.20 Å². The number of H-pyrrole nitrogens is 1. The molecule has 5 nitrogen and oxygen atoms in total. The summed E-state index contributed by atoms with van der Waals surface area (Å²) in [5, 5.41) is 6.69. The van der Waals surface area contributed by atoms with E-state index in [-0.39, 0.29) is 0 Å². The molecule has 0 fully saturated rings. The Morgan fingerprint density at radius 2 is 2.21 bits per heavy atom. The molecule has 0 unspecified atom stereocenters. The number of pyridine rings is 1. The summed E-state index contributed by atoms with van der Waals surface area (Å²) in [4.78, 5) is 3.98. The van der Waals surface area contributed by atoms with E-state index in [4.69, 9.17) is 10.5 Å². The van der Waals surface area contributed by atoms with E-state index in [1.807, 2.05) is 6.92 Å². The van der Waals surface area contributed by atoms with Gasteiger partial charge in [-0.2, -0.15) is 0 Å². The average molecular weight is 190 g/mol. The third-order valence-electron chi connectivity index (χ3n) is 1.65. The molecule has 3 N–H and O–H groups in total. The van der Waals surface area contributed by atoms with Crippen LogP contribution in [0.15, 0.2) is 24.4 Å². The van der Waals surface area contributed by atoms with Gasteiger partial charge in [-0.25, -0.2) is 4.98 Å². The Morgan fingerprint density at radius 1 is 1.36 bits per heavy atom. The maximum atomic E-state index is 5.48. The van der Waals surface area contributed by atoms with Crippen molar-refractivity contribution in [2.45, 2.75) is 6.92 Å². The Hall–Kier alpha value is -2.04. The van der Waals surface area contributed by atoms with Crippen LogP contribution in [0.5, 0.6) is 11.8 Å². The van der Waals surface area contributed by atoms with Crippen LogP contribution < -0.4 is 10.5 Å². The van der Waals surface area contributed by atoms with Gasteiger partial charge in [0.05, 0.1) is 11.9 Å². The molecule has 2 aromatic heterocycles. The molecule has 2 aromatic rings. The Labute approximate surface area is 80.9 Å². The van der Waals surface area contributed by atoms with Crippen LogP contribution in [0.2, 0.25) is 0 Å². The minimum Gasteiger partial charge on any atom is -0.419 e. The number of anilines is 1. The first kappa shape index (κ1) is 8.55. The molecule has 0 aromatic carbocycles. The molecule has 0 saturated heterocycles. The maximum absolute atomic E-state index is 5.48. The lowest BCUT2D eigenvalue weighted by Gasteiger charge is -1.99. The SMILES string of the molecule is Cc1cc(Oc2ccc(N)cn2)n[nH]1. The van der Waals surface area contributed by atoms with Gasteiger partial charge in [-0.1, -0.05) is 0 Å². The van der Waals surface area contributed by atoms with Gasteiger partial charge in [-0.3, -0.25) is 5.10 Å². The number of nitrogens with zero attached hydrogens (tertiary/aromatic N) is 2. The van der Waals surface area contributed by atoms with Gasteiger partial charge in [0.25, 0.3) is 0 Å². The lowest BCUT2D eigenvalue weighted by Crippen LogP contribution is -1.90. The second kappa shape index (κ2) is 3.37. The lowest BCUT2D eigenvalue weighted by atomic mass is 10.4. The number of nitrogen functional groups attached to an aromatic ring is 1. The minimum atomic E-state index is 0.478. The highest BCUT2D eigenvalue weighted by molar-refractivity contribution is 5.36. The van der Waals surface area contributed by atoms with Crippen LogP contribution >= 0.6 is 0 Å². The standard InChI is InChI=1S/C9H10N4O/c1-6-4-9(13-12-6)14-8-3-2-7(10)5-11-8/h2-5H,10H2,1H3,(H,12,13). The minimum absolute atomic E-state index is 0.478. The molecule has 0 atom stereocenters. The van der Waals surface area contributed by atoms with Crippen molar-refractivity contribution in [3.8, 4) is 11.8 Å². The summed E-state index contributed by atoms with van der Waals surface area (Å²) in [6, 6.07) is 5.21. The summed E-state index contributed by atoms with van der Waals surface area (Å²) in [7, 11) is 0. The highest BCUT2D eigenvalue weighted by Crippen LogP contribution is 2.17. The van der Waals surface area contributed by atoms with Crippen molar-refractivity contribution in [2.75, 3.05) is 5.73 Å². The van der Waals surface area contributed by atoms with Crippen molar-refractivity contribution in [1.82, 2.24) is 15.2 Å². The predicted octanol–water partition coefficient (Wildman–Crippen LogP) is 1.49. The maximum Gasteiger partial charge on any atom is 0.240 e. The van der Waals surface area contributed by atoms with Gasteiger partial charge in [0.1, 0.15) is 0 Å². The molecule has 0 aliphatic rings. The predicted molar refractivity (Wildman–Crippen MR) is 52.0 cm³/mol. The van der Waals surface area contributed by atoms with Crippen LogP contribution in [0.3, 0.4) is 0 Å². The molecule has 0 aliphatic heterocycles. The lowest BCUT2D eigenvalue weighted by molar-refractivity contribution is 0.443. The first-order valence-corrected chi connectivity index (χ1v) is 4.15. The monoisotopic (exact) mass is 190 g/mol. The first-order chi connectivity index (χ1) is 6.74. The fraction of sp³-hybridized carbons (Fsp3) is 0.111. The number of nitrogens with one attached hydrogen (secondary N) is 1. The number of nitrogens with two attached hydrogens (primary N) is 1. The highest BCUT2D eigenvalue weighted by atomic mass is 16.5. The van der Waals surface area contributed by atoms with E-state index in [1.54, 1.807) is 18.2 Å². The third kappa shape index (κ3) is 1.82. The number of aryl methyl sites for hydroxylation is 1. The van der Waals surface area contributed by atoms with Crippen molar-refractivity contribution >= 4 is 5.69 Å². The van der Waals surface area contributed by atoms with E-state index < -0.39 is 0 Å². The van der Waals surface area contributed by atoms with Crippen molar-refractivity contribution in [1.29, 1.82) is 0 Å². The fourth-order valence-corrected chi connectivity index (χ4v) is 1.00. The van der Waals surface area contributed by atoms with Gasteiger partial charge in [0.2, 0.25) is 11.8 Å². The zero-order valence-corrected chi connectivity index (χ0v) is 7.69. The molecule has 0 aliphatic carbocycles. The number of aromatic nitrogens is 3. The molecule has 0 bridgehead atoms. The molecule has 2 heterocycles. The third-order valence-corrected chi connectivity index (χ3v) is 1.65. The second-order valence-electron chi connectivity index (χ2n) is 2.92. The summed E-state index contributed by atoms with van der Waals surface area (Å²) in [6.45, 7) is 1.90. The molecule has 5 heteroatoms. The molecule has 0 spiro atoms. The Morgan fingerprint density at radius 3 is 2.79 bits per heavy atom. The summed E-state index contributed by atoms with van der Waals surface area (Å²) in [6.07, 6.45) is 1.54. The number of hydrogen-bond donors (Lipinski definition) is 2. The molecule has 14 heavy (non-hydrogen) atoms. The summed E-state index contributed by atoms with van der Waals surface area (Å²) < 4.78 is 5.35. The fourth-order valence-electron chi connectivity index (χ4n) is 1.00. The van der Waals surface area contributed by atoms with Gasteiger partial charge in [0.15, 0.2) is 0 Å². The molecular formula is C9H10N4O. The number of hydrogen-bond acceptors (Lipinski definition) is 4. The highest BCUT2D eigenvalue weighted by Gasteiger charge is 2.00. The zero-order chi connectivity index (χ0) is 9.97. The molecule has 2 rings (SSSR count). The van der Waals surface area contributed by atoms with Crippen LogP contribution in [-0.4, -0.2) is 15.2 Å². The van der Waals surface area contributed by atoms with E-state index in [9.17, 15) is 0 Å². The van der Waals surface area contributed by atoms with Crippen LogP contribution in [0.4, 0.5) is 5.69 Å². The van der Waals surface area contributed by atoms with E-state index >= 15 is 0 Å². The first-order valence-electron chi connectivity index (χ1n) is 4.15. The van der Waals surface area contributed by atoms with Gasteiger partial charge >= 0.3 is 0 Å². The van der Waals surface area contributed by atoms with E-state index in [0.29, 0.717) is 17.4 Å². The average Bonchev–Trinajstić information content (AvgIpc) is 2.56. The van der Waals surface area contributed by atoms with E-state index in [0.717, 1.165) is 5.69 Å². The topological polar surface area (TPSA) is 76.8 Å². The Balaban J connectivity index is 2.15. The van der Waals surface area contributed by atoms with Gasteiger partial charge in [-0.15, -0.1) is 5.10 Å². The summed E-state index contributed by atoms with van der Waals surface area (Å²) in [5.74, 6) is 0.977. The van der Waals surface area contributed by atoms with Crippen LogP contribution in [0, 0.1) is 6.92 Å². The summed E-state index contributed by atoms with van der Waals surface area (Å²) >= 11 is 0. The smallest absolute Gasteiger partial charge is 0.240 e. The van der Waals surface area contributed by atoms with Crippen molar-refractivity contribution in [3.05, 3.63) is 30.1 Å². The molecule has 0 radical (unpaired) electrons. The quantitative estimate of drug-likeness (QED) is 0.752. The molecule has 0 amide bonds. The van der Waals surface area contributed by atoms with Crippen LogP contribution in [0.25, 0.3) is 0 Å². The number of ether oxygens (including phenoxy) is 1. The van der Waals surface area contributed by atoms with Gasteiger partial charge < -0.3 is 10.5 Å². The van der Waals surface area contributed by atoms with Gasteiger partial charge in [0, 0.05) is 17.8 Å². The zero-order valence-electron chi connectivity index (χ0n) is 7.69. The largest absolute Gasteiger partial charge is 0.419 e. The Kier molecular flexibility index (Phi) is 2.06. The van der Waals surface area contributed by atoms with Crippen molar-refractivity contribution in [2.24, 2.45) is 0 Å². The van der Waals surface area contributed by atoms with Crippen LogP contribution in [0.1, 0.15) is 5.69 Å². The van der Waals surface area contributed by atoms with Crippen molar-refractivity contribution < 1.29 is 4.74 Å². The van der Waals surface area contributed by atoms with Gasteiger partial charge in [-0.05, 0) is 13.0 Å². The molecular weight excluding hydrogens is 180 g/mol. The van der Waals surface area contributed by atoms with Crippen LogP contribution in [-0.2, 0) is 0 Å². The normalized spacial score (nSPS) is 10.1. The Bertz CT molecular complexity index is 421. The molecule has 0 saturated carbocycles. The number of aromatic amines is 1. The summed E-state index contributed by atoms with van der Waals surface area (Å²) in [5.41, 5.74) is 7.03. The number of rotatable bonds is 2. The van der Waals surface area contributed by atoms with Crippen molar-refractivity contribution in [3.63, 3.8) is 0 Å². The van der Waals surface area contributed by atoms with E-state index in [2.05, 4.69) is 15.2 Å². The molecule has 72 valence electrons.